The van der Waals surface area contributed by atoms with Crippen LogP contribution in [0, 0.1) is 0 Å². The molecule has 1 aromatic heterocycles. The van der Waals surface area contributed by atoms with Crippen LogP contribution in [-0.2, 0) is 13.2 Å². The Morgan fingerprint density at radius 3 is 2.90 bits per heavy atom. The maximum atomic E-state index is 9.23. The highest BCUT2D eigenvalue weighted by Gasteiger charge is 2.08. The molecule has 2 aromatic carbocycles. The highest BCUT2D eigenvalue weighted by Crippen LogP contribution is 2.22. The number of anilines is 1. The van der Waals surface area contributed by atoms with Crippen molar-refractivity contribution in [3.8, 4) is 5.75 Å². The van der Waals surface area contributed by atoms with Crippen LogP contribution in [0.4, 0.5) is 5.69 Å². The Morgan fingerprint density at radius 1 is 1.20 bits per heavy atom. The normalized spacial score (nSPS) is 10.8. The summed E-state index contributed by atoms with van der Waals surface area (Å²) in [7, 11) is 0. The van der Waals surface area contributed by atoms with E-state index in [4.69, 9.17) is 14.9 Å². The lowest BCUT2D eigenvalue weighted by Crippen LogP contribution is -1.98. The molecule has 0 aliphatic carbocycles. The number of oxazole rings is 1. The third-order valence-corrected chi connectivity index (χ3v) is 2.95. The number of aliphatic hydroxyl groups excluding tert-OH is 1. The van der Waals surface area contributed by atoms with Crippen molar-refractivity contribution < 1.29 is 14.3 Å². The molecule has 0 bridgehead atoms. The molecule has 0 spiro atoms. The van der Waals surface area contributed by atoms with Gasteiger partial charge >= 0.3 is 0 Å². The Balaban J connectivity index is 1.79. The first-order chi connectivity index (χ1) is 9.76. The number of para-hydroxylation sites is 1. The van der Waals surface area contributed by atoms with E-state index in [0.717, 1.165) is 11.1 Å². The highest BCUT2D eigenvalue weighted by atomic mass is 16.5. The fourth-order valence-electron chi connectivity index (χ4n) is 1.97. The van der Waals surface area contributed by atoms with Gasteiger partial charge in [0.15, 0.2) is 12.2 Å². The number of aromatic nitrogens is 1. The number of hydrogen-bond acceptors (Lipinski definition) is 5. The van der Waals surface area contributed by atoms with Crippen LogP contribution < -0.4 is 10.5 Å². The first kappa shape index (κ1) is 12.5. The van der Waals surface area contributed by atoms with Gasteiger partial charge in [-0.05, 0) is 18.2 Å². The maximum absolute atomic E-state index is 9.23. The Hall–Kier alpha value is -2.53. The lowest BCUT2D eigenvalue weighted by Gasteiger charge is -2.07. The standard InChI is InChI=1S/C15H14N2O3/c16-11-5-6-12-14(7-11)20-15(17-12)9-19-13-4-2-1-3-10(13)8-18/h1-7,18H,8-9,16H2. The van der Waals surface area contributed by atoms with Gasteiger partial charge < -0.3 is 20.0 Å². The molecule has 3 N–H and O–H groups in total. The van der Waals surface area contributed by atoms with Crippen molar-refractivity contribution in [2.75, 3.05) is 5.73 Å². The molecule has 0 unspecified atom stereocenters. The van der Waals surface area contributed by atoms with E-state index in [2.05, 4.69) is 4.98 Å². The third-order valence-electron chi connectivity index (χ3n) is 2.95. The number of nitrogens with zero attached hydrogens (tertiary/aromatic N) is 1. The van der Waals surface area contributed by atoms with Crippen molar-refractivity contribution in [2.24, 2.45) is 0 Å². The number of fused-ring (bicyclic) bond motifs is 1. The predicted molar refractivity (Wildman–Crippen MR) is 75.1 cm³/mol. The predicted octanol–water partition coefficient (Wildman–Crippen LogP) is 2.48. The molecule has 0 saturated carbocycles. The van der Waals surface area contributed by atoms with Gasteiger partial charge in [-0.15, -0.1) is 0 Å². The summed E-state index contributed by atoms with van der Waals surface area (Å²) in [5.74, 6) is 1.09. The van der Waals surface area contributed by atoms with Crippen LogP contribution in [0.5, 0.6) is 5.75 Å². The molecule has 20 heavy (non-hydrogen) atoms. The summed E-state index contributed by atoms with van der Waals surface area (Å²) in [6, 6.07) is 12.6. The van der Waals surface area contributed by atoms with E-state index in [0.29, 0.717) is 22.9 Å². The monoisotopic (exact) mass is 270 g/mol. The zero-order valence-electron chi connectivity index (χ0n) is 10.7. The minimum atomic E-state index is -0.0692. The first-order valence-electron chi connectivity index (χ1n) is 6.23. The molecule has 0 fully saturated rings. The molecule has 0 aliphatic rings. The number of nitrogens with two attached hydrogens (primary N) is 1. The topological polar surface area (TPSA) is 81.5 Å². The van der Waals surface area contributed by atoms with Crippen molar-refractivity contribution in [3.63, 3.8) is 0 Å². The quantitative estimate of drug-likeness (QED) is 0.712. The van der Waals surface area contributed by atoms with Crippen molar-refractivity contribution in [2.45, 2.75) is 13.2 Å². The summed E-state index contributed by atoms with van der Waals surface area (Å²) in [6.45, 7) is 0.131. The molecule has 5 heteroatoms. The van der Waals surface area contributed by atoms with Gasteiger partial charge in [0.2, 0.25) is 5.89 Å². The van der Waals surface area contributed by atoms with E-state index >= 15 is 0 Å². The van der Waals surface area contributed by atoms with Crippen LogP contribution in [0.25, 0.3) is 11.1 Å². The van der Waals surface area contributed by atoms with Crippen molar-refractivity contribution >= 4 is 16.8 Å². The number of ether oxygens (including phenoxy) is 1. The van der Waals surface area contributed by atoms with Gasteiger partial charge in [-0.2, -0.15) is 0 Å². The Bertz CT molecular complexity index is 737. The van der Waals surface area contributed by atoms with Crippen LogP contribution in [-0.4, -0.2) is 10.1 Å². The van der Waals surface area contributed by atoms with Gasteiger partial charge in [0.05, 0.1) is 6.61 Å². The SMILES string of the molecule is Nc1ccc2nc(COc3ccccc3CO)oc2c1. The van der Waals surface area contributed by atoms with Gasteiger partial charge in [-0.1, -0.05) is 18.2 Å². The second-order valence-corrected chi connectivity index (χ2v) is 4.39. The number of rotatable bonds is 4. The van der Waals surface area contributed by atoms with Gasteiger partial charge in [0.1, 0.15) is 11.3 Å². The summed E-state index contributed by atoms with van der Waals surface area (Å²) in [5.41, 5.74) is 8.43. The molecule has 0 amide bonds. The Labute approximate surface area is 115 Å². The van der Waals surface area contributed by atoms with Crippen LogP contribution >= 0.6 is 0 Å². The molecule has 0 atom stereocenters. The van der Waals surface area contributed by atoms with E-state index in [1.807, 2.05) is 18.2 Å². The first-order valence-corrected chi connectivity index (χ1v) is 6.23. The summed E-state index contributed by atoms with van der Waals surface area (Å²) >= 11 is 0. The summed E-state index contributed by atoms with van der Waals surface area (Å²) < 4.78 is 11.2. The van der Waals surface area contributed by atoms with E-state index in [9.17, 15) is 5.11 Å². The fraction of sp³-hybridized carbons (Fsp3) is 0.133. The zero-order valence-corrected chi connectivity index (χ0v) is 10.7. The van der Waals surface area contributed by atoms with Crippen LogP contribution in [0.1, 0.15) is 11.5 Å². The summed E-state index contributed by atoms with van der Waals surface area (Å²) in [4.78, 5) is 4.31. The second kappa shape index (κ2) is 5.22. The minimum Gasteiger partial charge on any atom is -0.483 e. The average molecular weight is 270 g/mol. The lowest BCUT2D eigenvalue weighted by atomic mass is 10.2. The Kier molecular flexibility index (Phi) is 3.26. The van der Waals surface area contributed by atoms with Crippen molar-refractivity contribution in [1.82, 2.24) is 4.98 Å². The van der Waals surface area contributed by atoms with E-state index in [1.165, 1.54) is 0 Å². The van der Waals surface area contributed by atoms with E-state index < -0.39 is 0 Å². The molecule has 0 saturated heterocycles. The van der Waals surface area contributed by atoms with Crippen molar-refractivity contribution in [3.05, 3.63) is 53.9 Å². The number of benzene rings is 2. The van der Waals surface area contributed by atoms with Crippen LogP contribution in [0.3, 0.4) is 0 Å². The molecule has 3 rings (SSSR count). The van der Waals surface area contributed by atoms with Crippen LogP contribution in [0.15, 0.2) is 46.9 Å². The van der Waals surface area contributed by atoms with Crippen molar-refractivity contribution in [1.29, 1.82) is 0 Å². The third kappa shape index (κ3) is 2.44. The molecule has 3 aromatic rings. The highest BCUT2D eigenvalue weighted by molar-refractivity contribution is 5.76. The second-order valence-electron chi connectivity index (χ2n) is 4.39. The molecule has 0 aliphatic heterocycles. The average Bonchev–Trinajstić information content (AvgIpc) is 2.87. The van der Waals surface area contributed by atoms with Gasteiger partial charge in [0.25, 0.3) is 0 Å². The lowest BCUT2D eigenvalue weighted by molar-refractivity contribution is 0.243. The van der Waals surface area contributed by atoms with Gasteiger partial charge in [0, 0.05) is 17.3 Å². The number of hydrogen-bond donors (Lipinski definition) is 2. The molecule has 5 nitrogen and oxygen atoms in total. The number of aliphatic hydroxyl groups is 1. The Morgan fingerprint density at radius 2 is 2.05 bits per heavy atom. The maximum Gasteiger partial charge on any atom is 0.233 e. The molecule has 1 heterocycles. The minimum absolute atomic E-state index is 0.0692. The fourth-order valence-corrected chi connectivity index (χ4v) is 1.97. The van der Waals surface area contributed by atoms with Gasteiger partial charge in [-0.25, -0.2) is 4.98 Å². The molecular formula is C15H14N2O3. The zero-order chi connectivity index (χ0) is 13.9. The number of nitrogen functional groups attached to an aromatic ring is 1. The molecule has 102 valence electrons. The van der Waals surface area contributed by atoms with Gasteiger partial charge in [-0.3, -0.25) is 0 Å². The van der Waals surface area contributed by atoms with E-state index in [-0.39, 0.29) is 13.2 Å². The largest absolute Gasteiger partial charge is 0.483 e. The smallest absolute Gasteiger partial charge is 0.233 e. The van der Waals surface area contributed by atoms with Crippen LogP contribution in [0.2, 0.25) is 0 Å². The summed E-state index contributed by atoms with van der Waals surface area (Å²) in [6.07, 6.45) is 0. The molecule has 0 radical (unpaired) electrons. The van der Waals surface area contributed by atoms with E-state index in [1.54, 1.807) is 24.3 Å². The molecular weight excluding hydrogens is 256 g/mol. The summed E-state index contributed by atoms with van der Waals surface area (Å²) in [5, 5.41) is 9.23.